The van der Waals surface area contributed by atoms with Crippen LogP contribution in [-0.2, 0) is 11.0 Å². The SMILES string of the molecule is CCCS(=O)Nc1cc(-c2c(C)ccnc2N)cc(F)c1OC. The van der Waals surface area contributed by atoms with E-state index in [0.717, 1.165) is 12.0 Å². The fourth-order valence-corrected chi connectivity index (χ4v) is 3.20. The quantitative estimate of drug-likeness (QED) is 0.848. The minimum absolute atomic E-state index is 0.0262. The molecule has 1 atom stereocenters. The van der Waals surface area contributed by atoms with Gasteiger partial charge in [-0.3, -0.25) is 0 Å². The van der Waals surface area contributed by atoms with E-state index in [1.165, 1.54) is 13.2 Å². The monoisotopic (exact) mass is 337 g/mol. The van der Waals surface area contributed by atoms with Gasteiger partial charge in [-0.25, -0.2) is 13.6 Å². The lowest BCUT2D eigenvalue weighted by Crippen LogP contribution is -2.10. The third kappa shape index (κ3) is 3.79. The molecule has 0 bridgehead atoms. The molecule has 2 aromatic rings. The Kier molecular flexibility index (Phi) is 5.54. The Bertz CT molecular complexity index is 717. The number of aromatic nitrogens is 1. The number of anilines is 2. The molecule has 23 heavy (non-hydrogen) atoms. The maximum Gasteiger partial charge on any atom is 0.178 e. The van der Waals surface area contributed by atoms with E-state index in [4.69, 9.17) is 10.5 Å². The number of nitrogens with two attached hydrogens (primary N) is 1. The molecule has 124 valence electrons. The van der Waals surface area contributed by atoms with E-state index in [2.05, 4.69) is 9.71 Å². The number of nitrogen functional groups attached to an aromatic ring is 1. The maximum atomic E-state index is 14.4. The van der Waals surface area contributed by atoms with E-state index in [9.17, 15) is 8.60 Å². The van der Waals surface area contributed by atoms with Crippen LogP contribution in [0, 0.1) is 12.7 Å². The van der Waals surface area contributed by atoms with Crippen LogP contribution < -0.4 is 15.2 Å². The van der Waals surface area contributed by atoms with Crippen molar-refractivity contribution in [3.63, 3.8) is 0 Å². The summed E-state index contributed by atoms with van der Waals surface area (Å²) in [5, 5.41) is 0. The summed E-state index contributed by atoms with van der Waals surface area (Å²) in [7, 11) is 0.0606. The van der Waals surface area contributed by atoms with Crippen LogP contribution in [0.1, 0.15) is 18.9 Å². The molecule has 2 rings (SSSR count). The number of nitrogens with one attached hydrogen (secondary N) is 1. The molecule has 0 aliphatic carbocycles. The van der Waals surface area contributed by atoms with E-state index in [1.807, 2.05) is 13.8 Å². The van der Waals surface area contributed by atoms with Crippen LogP contribution in [-0.4, -0.2) is 22.1 Å². The summed E-state index contributed by atoms with van der Waals surface area (Å²) in [5.41, 5.74) is 8.34. The summed E-state index contributed by atoms with van der Waals surface area (Å²) in [5.74, 6) is 0.250. The van der Waals surface area contributed by atoms with E-state index < -0.39 is 16.8 Å². The largest absolute Gasteiger partial charge is 0.492 e. The summed E-state index contributed by atoms with van der Waals surface area (Å²) in [6.45, 7) is 3.80. The highest BCUT2D eigenvalue weighted by molar-refractivity contribution is 7.86. The Labute approximate surface area is 137 Å². The zero-order chi connectivity index (χ0) is 17.0. The summed E-state index contributed by atoms with van der Waals surface area (Å²) >= 11 is 0. The third-order valence-electron chi connectivity index (χ3n) is 3.34. The minimum atomic E-state index is -1.31. The van der Waals surface area contributed by atoms with Crippen LogP contribution >= 0.6 is 0 Å². The molecule has 1 heterocycles. The van der Waals surface area contributed by atoms with Crippen LogP contribution in [0.4, 0.5) is 15.9 Å². The van der Waals surface area contributed by atoms with Crippen LogP contribution in [0.15, 0.2) is 24.4 Å². The molecule has 1 aromatic carbocycles. The molecule has 0 aliphatic heterocycles. The second-order valence-electron chi connectivity index (χ2n) is 5.08. The van der Waals surface area contributed by atoms with Crippen molar-refractivity contribution >= 4 is 22.5 Å². The minimum Gasteiger partial charge on any atom is -0.492 e. The zero-order valence-corrected chi connectivity index (χ0v) is 14.2. The average molecular weight is 337 g/mol. The number of methoxy groups -OCH3 is 1. The van der Waals surface area contributed by atoms with Gasteiger partial charge < -0.3 is 15.2 Å². The van der Waals surface area contributed by atoms with E-state index in [1.54, 1.807) is 18.3 Å². The Morgan fingerprint density at radius 3 is 2.78 bits per heavy atom. The first kappa shape index (κ1) is 17.2. The molecular weight excluding hydrogens is 317 g/mol. The highest BCUT2D eigenvalue weighted by atomic mass is 32.2. The van der Waals surface area contributed by atoms with Crippen molar-refractivity contribution in [1.29, 1.82) is 0 Å². The topological polar surface area (TPSA) is 77.2 Å². The van der Waals surface area contributed by atoms with E-state index in [0.29, 0.717) is 28.4 Å². The standard InChI is InChI=1S/C16H20FN3O2S/c1-4-7-23(21)20-13-9-11(8-12(17)15(13)22-3)14-10(2)5-6-19-16(14)18/h5-6,8-9,20H,4,7H2,1-3H3,(H2,18,19). The number of pyridine rings is 1. The van der Waals surface area contributed by atoms with Gasteiger partial charge in [-0.1, -0.05) is 6.92 Å². The van der Waals surface area contributed by atoms with Gasteiger partial charge in [0.1, 0.15) is 16.8 Å². The Morgan fingerprint density at radius 1 is 1.43 bits per heavy atom. The van der Waals surface area contributed by atoms with Crippen molar-refractivity contribution in [3.05, 3.63) is 35.8 Å². The molecule has 5 nitrogen and oxygen atoms in total. The first-order valence-electron chi connectivity index (χ1n) is 7.22. The molecule has 0 saturated carbocycles. The Morgan fingerprint density at radius 2 is 2.17 bits per heavy atom. The predicted octanol–water partition coefficient (Wildman–Crippen LogP) is 3.27. The van der Waals surface area contributed by atoms with Gasteiger partial charge in [-0.2, -0.15) is 0 Å². The van der Waals surface area contributed by atoms with Crippen molar-refractivity contribution < 1.29 is 13.3 Å². The van der Waals surface area contributed by atoms with Crippen LogP contribution in [0.2, 0.25) is 0 Å². The number of hydrogen-bond acceptors (Lipinski definition) is 4. The first-order valence-corrected chi connectivity index (χ1v) is 8.53. The van der Waals surface area contributed by atoms with E-state index >= 15 is 0 Å². The second-order valence-corrected chi connectivity index (χ2v) is 6.38. The lowest BCUT2D eigenvalue weighted by atomic mass is 10.0. The fraction of sp³-hybridized carbons (Fsp3) is 0.312. The molecule has 0 saturated heterocycles. The number of halogens is 1. The normalized spacial score (nSPS) is 12.0. The number of aryl methyl sites for hydroxylation is 1. The van der Waals surface area contributed by atoms with Crippen molar-refractivity contribution in [3.8, 4) is 16.9 Å². The molecule has 0 aliphatic rings. The Balaban J connectivity index is 2.55. The highest BCUT2D eigenvalue weighted by Crippen LogP contribution is 2.36. The number of nitrogens with zero attached hydrogens (tertiary/aromatic N) is 1. The summed E-state index contributed by atoms with van der Waals surface area (Å²) in [4.78, 5) is 4.05. The molecule has 0 spiro atoms. The molecule has 3 N–H and O–H groups in total. The van der Waals surface area contributed by atoms with Crippen LogP contribution in [0.3, 0.4) is 0 Å². The van der Waals surface area contributed by atoms with Gasteiger partial charge in [0.2, 0.25) is 0 Å². The molecule has 0 fully saturated rings. The summed E-state index contributed by atoms with van der Waals surface area (Å²) in [6, 6.07) is 4.82. The number of hydrogen-bond donors (Lipinski definition) is 2. The van der Waals surface area contributed by atoms with Crippen LogP contribution in [0.25, 0.3) is 11.1 Å². The van der Waals surface area contributed by atoms with Crippen molar-refractivity contribution in [1.82, 2.24) is 4.98 Å². The molecule has 0 amide bonds. The van der Waals surface area contributed by atoms with Gasteiger partial charge in [-0.05, 0) is 42.7 Å². The van der Waals surface area contributed by atoms with Gasteiger partial charge >= 0.3 is 0 Å². The van der Waals surface area contributed by atoms with Crippen molar-refractivity contribution in [2.45, 2.75) is 20.3 Å². The smallest absolute Gasteiger partial charge is 0.178 e. The summed E-state index contributed by atoms with van der Waals surface area (Å²) < 4.78 is 34.2. The van der Waals surface area contributed by atoms with Crippen LogP contribution in [0.5, 0.6) is 5.75 Å². The van der Waals surface area contributed by atoms with Gasteiger partial charge in [0.05, 0.1) is 12.8 Å². The predicted molar refractivity (Wildman–Crippen MR) is 92.3 cm³/mol. The average Bonchev–Trinajstić information content (AvgIpc) is 2.47. The van der Waals surface area contributed by atoms with Gasteiger partial charge in [0.25, 0.3) is 0 Å². The van der Waals surface area contributed by atoms with E-state index in [-0.39, 0.29) is 5.75 Å². The number of ether oxygens (including phenoxy) is 1. The van der Waals surface area contributed by atoms with Gasteiger partial charge in [-0.15, -0.1) is 0 Å². The molecule has 1 aromatic heterocycles. The molecule has 1 unspecified atom stereocenters. The molecular formula is C16H20FN3O2S. The Hall–Kier alpha value is -2.15. The lowest BCUT2D eigenvalue weighted by Gasteiger charge is -2.15. The lowest BCUT2D eigenvalue weighted by molar-refractivity contribution is 0.389. The van der Waals surface area contributed by atoms with Gasteiger partial charge in [0.15, 0.2) is 11.6 Å². The first-order chi connectivity index (χ1) is 11.0. The summed E-state index contributed by atoms with van der Waals surface area (Å²) in [6.07, 6.45) is 2.35. The maximum absolute atomic E-state index is 14.4. The van der Waals surface area contributed by atoms with Crippen molar-refractivity contribution in [2.24, 2.45) is 0 Å². The fourth-order valence-electron chi connectivity index (χ4n) is 2.33. The molecule has 0 radical (unpaired) electrons. The molecule has 7 heteroatoms. The zero-order valence-electron chi connectivity index (χ0n) is 13.4. The van der Waals surface area contributed by atoms with Crippen molar-refractivity contribution in [2.75, 3.05) is 23.3 Å². The third-order valence-corrected chi connectivity index (χ3v) is 4.56. The highest BCUT2D eigenvalue weighted by Gasteiger charge is 2.17. The number of benzene rings is 1. The number of rotatable bonds is 6. The van der Waals surface area contributed by atoms with Gasteiger partial charge in [0, 0.05) is 17.5 Å². The second kappa shape index (κ2) is 7.41.